The Morgan fingerprint density at radius 2 is 2.18 bits per heavy atom. The monoisotopic (exact) mass is 165 g/mol. The van der Waals surface area contributed by atoms with Crippen molar-refractivity contribution >= 4 is 0 Å². The second kappa shape index (κ2) is 4.58. The Balaban J connectivity index is 0.000001000. The van der Waals surface area contributed by atoms with Gasteiger partial charge in [-0.05, 0) is 6.54 Å². The Labute approximate surface area is 85.1 Å². The number of nitrogens with zero attached hydrogens (tertiary/aromatic N) is 2. The quantitative estimate of drug-likeness (QED) is 0.453. The summed E-state index contributed by atoms with van der Waals surface area (Å²) in [5, 5.41) is 5.27. The fraction of sp³-hybridized carbons (Fsp3) is 0.600. The van der Waals surface area contributed by atoms with Gasteiger partial charge < -0.3 is 14.8 Å². The topological polar surface area (TPSA) is 69.0 Å². The second-order valence-electron chi connectivity index (χ2n) is 1.96. The van der Waals surface area contributed by atoms with Crippen molar-refractivity contribution in [2.75, 3.05) is 0 Å². The van der Waals surface area contributed by atoms with Crippen molar-refractivity contribution in [2.45, 2.75) is 19.9 Å². The standard InChI is InChI=1S/C5H9N3O2.Na/c1-2-3-8-4(9)6-7-5(8)10;/h2-3H2,1H3,(H2,6,7,9,10);/q;+1/p-1. The van der Waals surface area contributed by atoms with Crippen LogP contribution in [0.15, 0.2) is 9.59 Å². The summed E-state index contributed by atoms with van der Waals surface area (Å²) in [7, 11) is 0. The van der Waals surface area contributed by atoms with Crippen molar-refractivity contribution in [3.8, 4) is 0 Å². The number of rotatable bonds is 2. The van der Waals surface area contributed by atoms with Gasteiger partial charge in [-0.3, -0.25) is 9.59 Å². The SMILES string of the molecule is CCCn1c(=O)[n-][nH]c1=O.[Na+]. The van der Waals surface area contributed by atoms with Crippen LogP contribution in [0, 0.1) is 0 Å². The van der Waals surface area contributed by atoms with Gasteiger partial charge in [-0.25, -0.2) is 0 Å². The Kier molecular flexibility index (Phi) is 4.48. The number of aromatic nitrogens is 3. The first-order valence-corrected chi connectivity index (χ1v) is 3.08. The van der Waals surface area contributed by atoms with Crippen molar-refractivity contribution in [3.63, 3.8) is 0 Å². The predicted molar refractivity (Wildman–Crippen MR) is 34.9 cm³/mol. The van der Waals surface area contributed by atoms with Crippen molar-refractivity contribution in [1.29, 1.82) is 0 Å². The molecular formula is C5H8N3NaO2. The van der Waals surface area contributed by atoms with Gasteiger partial charge in [-0.1, -0.05) is 13.3 Å². The van der Waals surface area contributed by atoms with E-state index >= 15 is 0 Å². The molecule has 11 heavy (non-hydrogen) atoms. The first-order valence-electron chi connectivity index (χ1n) is 3.08. The zero-order valence-corrected chi connectivity index (χ0v) is 8.63. The van der Waals surface area contributed by atoms with Gasteiger partial charge in [0.05, 0.1) is 0 Å². The first kappa shape index (κ1) is 10.7. The summed E-state index contributed by atoms with van der Waals surface area (Å²) >= 11 is 0. The molecule has 1 aromatic heterocycles. The summed E-state index contributed by atoms with van der Waals surface area (Å²) in [6, 6.07) is 0. The smallest absolute Gasteiger partial charge is 0.363 e. The number of H-pyrrole nitrogens is 1. The number of hydrogen-bond acceptors (Lipinski definition) is 2. The van der Waals surface area contributed by atoms with Crippen LogP contribution in [0.1, 0.15) is 13.3 Å². The van der Waals surface area contributed by atoms with Crippen LogP contribution in [-0.2, 0) is 6.54 Å². The van der Waals surface area contributed by atoms with E-state index in [0.29, 0.717) is 6.54 Å². The normalized spacial score (nSPS) is 9.18. The minimum absolute atomic E-state index is 0. The van der Waals surface area contributed by atoms with Crippen molar-refractivity contribution in [3.05, 3.63) is 21.0 Å². The summed E-state index contributed by atoms with van der Waals surface area (Å²) in [6.07, 6.45) is 0.759. The van der Waals surface area contributed by atoms with E-state index in [0.717, 1.165) is 11.0 Å². The molecule has 0 fully saturated rings. The third-order valence-corrected chi connectivity index (χ3v) is 1.17. The van der Waals surface area contributed by atoms with Gasteiger partial charge in [-0.2, -0.15) is 0 Å². The van der Waals surface area contributed by atoms with Crippen LogP contribution < -0.4 is 46.0 Å². The number of nitrogens with one attached hydrogen (secondary N) is 1. The van der Waals surface area contributed by atoms with E-state index in [1.165, 1.54) is 0 Å². The van der Waals surface area contributed by atoms with Gasteiger partial charge in [0, 0.05) is 0 Å². The first-order chi connectivity index (χ1) is 4.75. The molecule has 0 radical (unpaired) electrons. The Morgan fingerprint density at radius 3 is 2.55 bits per heavy atom. The largest absolute Gasteiger partial charge is 1.00 e. The zero-order chi connectivity index (χ0) is 7.56. The average molecular weight is 165 g/mol. The maximum Gasteiger partial charge on any atom is 1.00 e. The number of aromatic amines is 1. The minimum atomic E-state index is -0.494. The Hall–Kier alpha value is -0.260. The van der Waals surface area contributed by atoms with Crippen LogP contribution in [0.3, 0.4) is 0 Å². The van der Waals surface area contributed by atoms with E-state index in [4.69, 9.17) is 0 Å². The number of hydrogen-bond donors (Lipinski definition) is 1. The molecule has 0 amide bonds. The van der Waals surface area contributed by atoms with E-state index in [9.17, 15) is 9.59 Å². The van der Waals surface area contributed by atoms with Gasteiger partial charge in [0.2, 0.25) is 5.69 Å². The fourth-order valence-corrected chi connectivity index (χ4v) is 0.724. The molecule has 0 saturated carbocycles. The Bertz CT molecular complexity index is 283. The molecule has 0 unspecified atom stereocenters. The summed E-state index contributed by atoms with van der Waals surface area (Å²) in [5.74, 6) is 0. The van der Waals surface area contributed by atoms with Crippen molar-refractivity contribution < 1.29 is 29.6 Å². The second-order valence-corrected chi connectivity index (χ2v) is 1.96. The third-order valence-electron chi connectivity index (χ3n) is 1.17. The maximum atomic E-state index is 10.7. The molecule has 0 aliphatic carbocycles. The van der Waals surface area contributed by atoms with Crippen LogP contribution in [0.2, 0.25) is 0 Å². The van der Waals surface area contributed by atoms with Gasteiger partial charge in [0.1, 0.15) is 0 Å². The van der Waals surface area contributed by atoms with Crippen LogP contribution >= 0.6 is 0 Å². The molecule has 0 aliphatic heterocycles. The van der Waals surface area contributed by atoms with Gasteiger partial charge in [0.25, 0.3) is 0 Å². The molecular weight excluding hydrogens is 157 g/mol. The van der Waals surface area contributed by atoms with E-state index in [2.05, 4.69) is 10.2 Å². The average Bonchev–Trinajstić information content (AvgIpc) is 2.20. The zero-order valence-electron chi connectivity index (χ0n) is 6.63. The molecule has 0 saturated heterocycles. The molecule has 6 heteroatoms. The maximum absolute atomic E-state index is 10.7. The molecule has 0 aromatic carbocycles. The fourth-order valence-electron chi connectivity index (χ4n) is 0.724. The molecule has 0 spiro atoms. The van der Waals surface area contributed by atoms with E-state index < -0.39 is 11.4 Å². The predicted octanol–water partition coefficient (Wildman–Crippen LogP) is -4.09. The van der Waals surface area contributed by atoms with Gasteiger partial charge in [0.15, 0.2) is 5.69 Å². The van der Waals surface area contributed by atoms with Gasteiger partial charge in [-0.15, -0.1) is 0 Å². The third kappa shape index (κ3) is 2.36. The van der Waals surface area contributed by atoms with E-state index in [1.54, 1.807) is 0 Å². The molecule has 1 rings (SSSR count). The van der Waals surface area contributed by atoms with Crippen LogP contribution in [-0.4, -0.2) is 9.67 Å². The summed E-state index contributed by atoms with van der Waals surface area (Å²) in [4.78, 5) is 21.3. The molecule has 1 heterocycles. The molecule has 56 valence electrons. The van der Waals surface area contributed by atoms with Crippen molar-refractivity contribution in [2.24, 2.45) is 0 Å². The van der Waals surface area contributed by atoms with E-state index in [1.807, 2.05) is 6.92 Å². The van der Waals surface area contributed by atoms with E-state index in [-0.39, 0.29) is 29.6 Å². The molecule has 1 N–H and O–H groups in total. The summed E-state index contributed by atoms with van der Waals surface area (Å²) < 4.78 is 1.07. The molecule has 0 atom stereocenters. The minimum Gasteiger partial charge on any atom is -0.363 e. The summed E-state index contributed by atoms with van der Waals surface area (Å²) in [5.41, 5.74) is -0.918. The summed E-state index contributed by atoms with van der Waals surface area (Å²) in [6.45, 7) is 2.33. The van der Waals surface area contributed by atoms with Crippen LogP contribution in [0.4, 0.5) is 0 Å². The molecule has 1 aromatic rings. The molecule has 5 nitrogen and oxygen atoms in total. The van der Waals surface area contributed by atoms with Crippen molar-refractivity contribution in [1.82, 2.24) is 14.8 Å². The van der Waals surface area contributed by atoms with Crippen LogP contribution in [0.25, 0.3) is 0 Å². The molecule has 0 aliphatic rings. The van der Waals surface area contributed by atoms with Gasteiger partial charge >= 0.3 is 29.6 Å². The Morgan fingerprint density at radius 1 is 1.55 bits per heavy atom. The van der Waals surface area contributed by atoms with Crippen LogP contribution in [0.5, 0.6) is 0 Å². The molecule has 0 bridgehead atoms.